The Hall–Kier alpha value is -2.04. The molecule has 0 saturated carbocycles. The Balaban J connectivity index is 2.11. The Bertz CT molecular complexity index is 521. The Morgan fingerprint density at radius 2 is 1.74 bits per heavy atom. The highest BCUT2D eigenvalue weighted by molar-refractivity contribution is 5.76. The summed E-state index contributed by atoms with van der Waals surface area (Å²) < 4.78 is 5.13. The second kappa shape index (κ2) is 9.18. The number of aryl methyl sites for hydroxylation is 2. The third-order valence-electron chi connectivity index (χ3n) is 3.23. The smallest absolute Gasteiger partial charge is 0.407 e. The van der Waals surface area contributed by atoms with Gasteiger partial charge in [0.1, 0.15) is 5.60 Å². The van der Waals surface area contributed by atoms with E-state index >= 15 is 0 Å². The van der Waals surface area contributed by atoms with E-state index in [1.807, 2.05) is 39.0 Å². The molecule has 0 heterocycles. The highest BCUT2D eigenvalue weighted by Crippen LogP contribution is 2.09. The van der Waals surface area contributed by atoms with Crippen molar-refractivity contribution >= 4 is 12.0 Å². The molecule has 2 N–H and O–H groups in total. The van der Waals surface area contributed by atoms with Crippen molar-refractivity contribution in [3.63, 3.8) is 0 Å². The molecule has 1 rings (SSSR count). The van der Waals surface area contributed by atoms with E-state index < -0.39 is 11.7 Å². The number of benzene rings is 1. The highest BCUT2D eigenvalue weighted by atomic mass is 16.6. The molecule has 2 amide bonds. The summed E-state index contributed by atoms with van der Waals surface area (Å²) in [5.74, 6) is 0.0329. The molecular formula is C18H28N2O3. The molecule has 23 heavy (non-hydrogen) atoms. The second-order valence-corrected chi connectivity index (χ2v) is 6.56. The first-order valence-electron chi connectivity index (χ1n) is 8.06. The van der Waals surface area contributed by atoms with E-state index in [-0.39, 0.29) is 5.91 Å². The Labute approximate surface area is 138 Å². The summed E-state index contributed by atoms with van der Waals surface area (Å²) in [7, 11) is 0. The van der Waals surface area contributed by atoms with Gasteiger partial charge in [0.05, 0.1) is 0 Å². The normalized spacial score (nSPS) is 11.0. The van der Waals surface area contributed by atoms with Crippen molar-refractivity contribution in [2.45, 2.75) is 52.6 Å². The quantitative estimate of drug-likeness (QED) is 0.759. The van der Waals surface area contributed by atoms with Crippen molar-refractivity contribution in [1.29, 1.82) is 0 Å². The van der Waals surface area contributed by atoms with E-state index in [0.29, 0.717) is 25.9 Å². The lowest BCUT2D eigenvalue weighted by atomic mass is 10.0. The second-order valence-electron chi connectivity index (χ2n) is 6.56. The number of hydrogen-bond donors (Lipinski definition) is 2. The number of rotatable bonds is 7. The molecule has 0 unspecified atom stereocenters. The molecule has 5 nitrogen and oxygen atoms in total. The maximum absolute atomic E-state index is 11.8. The lowest BCUT2D eigenvalue weighted by Crippen LogP contribution is -2.34. The summed E-state index contributed by atoms with van der Waals surface area (Å²) in [6, 6.07) is 8.09. The summed E-state index contributed by atoms with van der Waals surface area (Å²) in [5, 5.41) is 5.53. The monoisotopic (exact) mass is 320 g/mol. The fraction of sp³-hybridized carbons (Fsp3) is 0.556. The van der Waals surface area contributed by atoms with Crippen LogP contribution in [0.3, 0.4) is 0 Å². The molecule has 5 heteroatoms. The molecule has 0 bridgehead atoms. The largest absolute Gasteiger partial charge is 0.444 e. The van der Waals surface area contributed by atoms with Gasteiger partial charge in [-0.3, -0.25) is 4.79 Å². The fourth-order valence-electron chi connectivity index (χ4n) is 2.05. The Kier molecular flexibility index (Phi) is 7.59. The minimum Gasteiger partial charge on any atom is -0.444 e. The van der Waals surface area contributed by atoms with Gasteiger partial charge in [0, 0.05) is 19.5 Å². The minimum absolute atomic E-state index is 0.0329. The summed E-state index contributed by atoms with van der Waals surface area (Å²) in [6.45, 7) is 8.54. The molecule has 0 fully saturated rings. The average molecular weight is 320 g/mol. The van der Waals surface area contributed by atoms with Gasteiger partial charge in [0.2, 0.25) is 5.91 Å². The van der Waals surface area contributed by atoms with Crippen molar-refractivity contribution in [2.24, 2.45) is 0 Å². The van der Waals surface area contributed by atoms with Crippen LogP contribution in [-0.4, -0.2) is 30.7 Å². The van der Waals surface area contributed by atoms with Gasteiger partial charge < -0.3 is 15.4 Å². The fourth-order valence-corrected chi connectivity index (χ4v) is 2.05. The number of carbonyl (C=O) groups excluding carboxylic acids is 2. The number of hydrogen-bond acceptors (Lipinski definition) is 3. The molecule has 1 aromatic carbocycles. The number of ether oxygens (including phenoxy) is 1. The van der Waals surface area contributed by atoms with E-state index in [4.69, 9.17) is 4.74 Å². The van der Waals surface area contributed by atoms with Crippen molar-refractivity contribution in [3.8, 4) is 0 Å². The van der Waals surface area contributed by atoms with Gasteiger partial charge in [-0.05, 0) is 51.7 Å². The maximum Gasteiger partial charge on any atom is 0.407 e. The van der Waals surface area contributed by atoms with Gasteiger partial charge >= 0.3 is 6.09 Å². The minimum atomic E-state index is -0.492. The van der Waals surface area contributed by atoms with Crippen LogP contribution in [0.1, 0.15) is 44.7 Å². The zero-order valence-electron chi connectivity index (χ0n) is 14.6. The molecule has 0 spiro atoms. The van der Waals surface area contributed by atoms with Crippen molar-refractivity contribution in [3.05, 3.63) is 35.4 Å². The van der Waals surface area contributed by atoms with Crippen LogP contribution in [0.2, 0.25) is 0 Å². The summed E-state index contributed by atoms with van der Waals surface area (Å²) in [4.78, 5) is 23.2. The van der Waals surface area contributed by atoms with Gasteiger partial charge in [-0.15, -0.1) is 0 Å². The van der Waals surface area contributed by atoms with Crippen molar-refractivity contribution < 1.29 is 14.3 Å². The van der Waals surface area contributed by atoms with E-state index in [9.17, 15) is 9.59 Å². The Morgan fingerprint density at radius 3 is 2.39 bits per heavy atom. The highest BCUT2D eigenvalue weighted by Gasteiger charge is 2.15. The zero-order chi connectivity index (χ0) is 17.3. The first-order valence-corrected chi connectivity index (χ1v) is 8.06. The predicted octanol–water partition coefficient (Wildman–Crippen LogP) is 2.96. The van der Waals surface area contributed by atoms with E-state index in [1.165, 1.54) is 11.1 Å². The third-order valence-corrected chi connectivity index (χ3v) is 3.23. The number of alkyl carbamates (subject to hydrolysis) is 1. The van der Waals surface area contributed by atoms with Crippen LogP contribution >= 0.6 is 0 Å². The Morgan fingerprint density at radius 1 is 1.09 bits per heavy atom. The number of carbonyl (C=O) groups is 2. The molecule has 128 valence electrons. The molecule has 0 saturated heterocycles. The van der Waals surface area contributed by atoms with Crippen LogP contribution in [0, 0.1) is 6.92 Å². The van der Waals surface area contributed by atoms with Gasteiger partial charge in [-0.1, -0.05) is 24.3 Å². The molecule has 0 atom stereocenters. The predicted molar refractivity (Wildman–Crippen MR) is 91.4 cm³/mol. The summed E-state index contributed by atoms with van der Waals surface area (Å²) in [6.07, 6.45) is 1.47. The van der Waals surface area contributed by atoms with Gasteiger partial charge in [0.25, 0.3) is 0 Å². The number of nitrogens with one attached hydrogen (secondary N) is 2. The van der Waals surface area contributed by atoms with Crippen LogP contribution in [0.25, 0.3) is 0 Å². The average Bonchev–Trinajstić information content (AvgIpc) is 2.44. The molecule has 0 radical (unpaired) electrons. The van der Waals surface area contributed by atoms with E-state index in [2.05, 4.69) is 23.6 Å². The van der Waals surface area contributed by atoms with E-state index in [0.717, 1.165) is 6.42 Å². The maximum atomic E-state index is 11.8. The van der Waals surface area contributed by atoms with Crippen LogP contribution in [-0.2, 0) is 16.0 Å². The van der Waals surface area contributed by atoms with Crippen LogP contribution in [0.15, 0.2) is 24.3 Å². The molecule has 1 aromatic rings. The zero-order valence-corrected chi connectivity index (χ0v) is 14.6. The number of amides is 2. The third kappa shape index (κ3) is 8.86. The molecule has 0 aromatic heterocycles. The van der Waals surface area contributed by atoms with Gasteiger partial charge in [0.15, 0.2) is 0 Å². The lowest BCUT2D eigenvalue weighted by molar-refractivity contribution is -0.121. The SMILES string of the molecule is Cc1ccccc1CCC(=O)NCCCNC(=O)OC(C)(C)C. The topological polar surface area (TPSA) is 67.4 Å². The first kappa shape index (κ1) is 19.0. The summed E-state index contributed by atoms with van der Waals surface area (Å²) in [5.41, 5.74) is 1.92. The van der Waals surface area contributed by atoms with Crippen LogP contribution in [0.5, 0.6) is 0 Å². The first-order chi connectivity index (χ1) is 10.8. The van der Waals surface area contributed by atoms with Gasteiger partial charge in [-0.25, -0.2) is 4.79 Å². The summed E-state index contributed by atoms with van der Waals surface area (Å²) >= 11 is 0. The van der Waals surface area contributed by atoms with Crippen molar-refractivity contribution in [2.75, 3.05) is 13.1 Å². The van der Waals surface area contributed by atoms with Crippen LogP contribution < -0.4 is 10.6 Å². The van der Waals surface area contributed by atoms with Crippen LogP contribution in [0.4, 0.5) is 4.79 Å². The standard InChI is InChI=1S/C18H28N2O3/c1-14-8-5-6-9-15(14)10-11-16(21)19-12-7-13-20-17(22)23-18(2,3)4/h5-6,8-9H,7,10-13H2,1-4H3,(H,19,21)(H,20,22). The lowest BCUT2D eigenvalue weighted by Gasteiger charge is -2.19. The molecule has 0 aliphatic carbocycles. The van der Waals surface area contributed by atoms with Crippen molar-refractivity contribution in [1.82, 2.24) is 10.6 Å². The van der Waals surface area contributed by atoms with Gasteiger partial charge in [-0.2, -0.15) is 0 Å². The molecule has 0 aliphatic rings. The molecular weight excluding hydrogens is 292 g/mol. The van der Waals surface area contributed by atoms with E-state index in [1.54, 1.807) is 0 Å². The molecule has 0 aliphatic heterocycles.